The standard InChI is InChI=1S/C12H23NO4S/c1-16-5-2-6-17-7-3-13-4-8-18-10-11(13)9-12(14)15/h11H,2-10H2,1H3,(H,14,15). The van der Waals surface area contributed by atoms with Gasteiger partial charge in [-0.1, -0.05) is 0 Å². The largest absolute Gasteiger partial charge is 0.481 e. The van der Waals surface area contributed by atoms with Crippen LogP contribution in [-0.2, 0) is 14.3 Å². The first-order chi connectivity index (χ1) is 8.74. The predicted octanol–water partition coefficient (Wildman–Crippen LogP) is 0.932. The third-order valence-corrected chi connectivity index (χ3v) is 4.01. The van der Waals surface area contributed by atoms with E-state index >= 15 is 0 Å². The highest BCUT2D eigenvalue weighted by atomic mass is 32.2. The first kappa shape index (κ1) is 15.8. The van der Waals surface area contributed by atoms with Crippen molar-refractivity contribution in [3.63, 3.8) is 0 Å². The van der Waals surface area contributed by atoms with Crippen LogP contribution in [0.5, 0.6) is 0 Å². The van der Waals surface area contributed by atoms with Gasteiger partial charge in [0.2, 0.25) is 0 Å². The van der Waals surface area contributed by atoms with Crippen molar-refractivity contribution in [1.29, 1.82) is 0 Å². The fourth-order valence-electron chi connectivity index (χ4n) is 1.96. The van der Waals surface area contributed by atoms with Crippen LogP contribution in [0, 0.1) is 0 Å². The van der Waals surface area contributed by atoms with E-state index in [2.05, 4.69) is 4.90 Å². The molecule has 1 N–H and O–H groups in total. The van der Waals surface area contributed by atoms with E-state index in [9.17, 15) is 4.79 Å². The van der Waals surface area contributed by atoms with Crippen molar-refractivity contribution >= 4 is 17.7 Å². The number of nitrogens with zero attached hydrogens (tertiary/aromatic N) is 1. The summed E-state index contributed by atoms with van der Waals surface area (Å²) in [6.45, 7) is 3.89. The monoisotopic (exact) mass is 277 g/mol. The highest BCUT2D eigenvalue weighted by molar-refractivity contribution is 7.99. The number of carbonyl (C=O) groups is 1. The Kier molecular flexibility index (Phi) is 8.41. The number of aliphatic carboxylic acids is 1. The number of hydrogen-bond donors (Lipinski definition) is 1. The number of carboxylic acids is 1. The van der Waals surface area contributed by atoms with Gasteiger partial charge < -0.3 is 14.6 Å². The summed E-state index contributed by atoms with van der Waals surface area (Å²) in [5.41, 5.74) is 0. The lowest BCUT2D eigenvalue weighted by atomic mass is 10.2. The molecule has 1 aliphatic rings. The summed E-state index contributed by atoms with van der Waals surface area (Å²) >= 11 is 1.84. The van der Waals surface area contributed by atoms with Crippen molar-refractivity contribution in [1.82, 2.24) is 4.90 Å². The van der Waals surface area contributed by atoms with Gasteiger partial charge in [0.05, 0.1) is 13.0 Å². The van der Waals surface area contributed by atoms with Crippen molar-refractivity contribution in [2.75, 3.05) is 51.5 Å². The Morgan fingerprint density at radius 2 is 2.28 bits per heavy atom. The minimum atomic E-state index is -0.714. The van der Waals surface area contributed by atoms with E-state index in [1.54, 1.807) is 7.11 Å². The predicted molar refractivity (Wildman–Crippen MR) is 72.3 cm³/mol. The Bertz CT molecular complexity index is 240. The molecule has 1 fully saturated rings. The second-order valence-corrected chi connectivity index (χ2v) is 5.47. The lowest BCUT2D eigenvalue weighted by Crippen LogP contribution is -2.45. The number of thioether (sulfide) groups is 1. The first-order valence-corrected chi connectivity index (χ1v) is 7.49. The third kappa shape index (κ3) is 6.58. The molecule has 6 heteroatoms. The van der Waals surface area contributed by atoms with Gasteiger partial charge in [-0.3, -0.25) is 9.69 Å². The van der Waals surface area contributed by atoms with Gasteiger partial charge in [0, 0.05) is 51.0 Å². The Labute approximate surface area is 113 Å². The molecule has 0 amide bonds. The molecular weight excluding hydrogens is 254 g/mol. The maximum absolute atomic E-state index is 10.8. The topological polar surface area (TPSA) is 59.0 Å². The van der Waals surface area contributed by atoms with Gasteiger partial charge >= 0.3 is 5.97 Å². The van der Waals surface area contributed by atoms with E-state index in [0.717, 1.165) is 37.6 Å². The molecule has 1 atom stereocenters. The summed E-state index contributed by atoms with van der Waals surface area (Å²) in [5.74, 6) is 1.28. The molecule has 0 aromatic heterocycles. The van der Waals surface area contributed by atoms with E-state index in [1.165, 1.54) is 0 Å². The van der Waals surface area contributed by atoms with E-state index < -0.39 is 5.97 Å². The van der Waals surface area contributed by atoms with Crippen molar-refractivity contribution in [2.45, 2.75) is 18.9 Å². The lowest BCUT2D eigenvalue weighted by molar-refractivity contribution is -0.138. The van der Waals surface area contributed by atoms with E-state index in [0.29, 0.717) is 13.2 Å². The second-order valence-electron chi connectivity index (χ2n) is 4.32. The molecule has 5 nitrogen and oxygen atoms in total. The minimum Gasteiger partial charge on any atom is -0.481 e. The first-order valence-electron chi connectivity index (χ1n) is 6.34. The SMILES string of the molecule is COCCCOCCN1CCSCC1CC(=O)O. The number of hydrogen-bond acceptors (Lipinski definition) is 5. The molecule has 0 radical (unpaired) electrons. The second kappa shape index (κ2) is 9.61. The number of ether oxygens (including phenoxy) is 2. The van der Waals surface area contributed by atoms with Crippen LogP contribution in [0.4, 0.5) is 0 Å². The Morgan fingerprint density at radius 1 is 1.44 bits per heavy atom. The quantitative estimate of drug-likeness (QED) is 0.633. The Balaban J connectivity index is 2.15. The molecule has 1 saturated heterocycles. The summed E-state index contributed by atoms with van der Waals surface area (Å²) in [6.07, 6.45) is 1.14. The van der Waals surface area contributed by atoms with Gasteiger partial charge in [0.25, 0.3) is 0 Å². The van der Waals surface area contributed by atoms with Crippen molar-refractivity contribution < 1.29 is 19.4 Å². The fourth-order valence-corrected chi connectivity index (χ4v) is 3.09. The summed E-state index contributed by atoms with van der Waals surface area (Å²) in [6, 6.07) is 0.156. The summed E-state index contributed by atoms with van der Waals surface area (Å²) in [7, 11) is 1.68. The summed E-state index contributed by atoms with van der Waals surface area (Å²) in [5, 5.41) is 8.87. The maximum atomic E-state index is 10.8. The van der Waals surface area contributed by atoms with Crippen LogP contribution in [0.2, 0.25) is 0 Å². The fraction of sp³-hybridized carbons (Fsp3) is 0.917. The highest BCUT2D eigenvalue weighted by Gasteiger charge is 2.24. The molecule has 1 rings (SSSR count). The average Bonchev–Trinajstić information content (AvgIpc) is 2.35. The van der Waals surface area contributed by atoms with Crippen LogP contribution in [0.15, 0.2) is 0 Å². The van der Waals surface area contributed by atoms with Gasteiger partial charge in [0.15, 0.2) is 0 Å². The molecule has 0 spiro atoms. The van der Waals surface area contributed by atoms with Gasteiger partial charge in [-0.15, -0.1) is 0 Å². The molecular formula is C12H23NO4S. The molecule has 0 saturated carbocycles. The molecule has 0 bridgehead atoms. The van der Waals surface area contributed by atoms with Crippen LogP contribution in [0.1, 0.15) is 12.8 Å². The molecule has 0 aliphatic carbocycles. The van der Waals surface area contributed by atoms with Gasteiger partial charge in [-0.2, -0.15) is 11.8 Å². The van der Waals surface area contributed by atoms with Crippen LogP contribution in [0.25, 0.3) is 0 Å². The summed E-state index contributed by atoms with van der Waals surface area (Å²) < 4.78 is 10.5. The zero-order valence-electron chi connectivity index (χ0n) is 11.0. The number of rotatable bonds is 9. The smallest absolute Gasteiger partial charge is 0.304 e. The average molecular weight is 277 g/mol. The highest BCUT2D eigenvalue weighted by Crippen LogP contribution is 2.18. The molecule has 1 aliphatic heterocycles. The Hall–Kier alpha value is -0.300. The van der Waals surface area contributed by atoms with E-state index in [4.69, 9.17) is 14.6 Å². The molecule has 106 valence electrons. The third-order valence-electron chi connectivity index (χ3n) is 2.92. The minimum absolute atomic E-state index is 0.156. The molecule has 18 heavy (non-hydrogen) atoms. The zero-order valence-corrected chi connectivity index (χ0v) is 11.8. The van der Waals surface area contributed by atoms with Crippen LogP contribution in [-0.4, -0.2) is 73.5 Å². The van der Waals surface area contributed by atoms with E-state index in [-0.39, 0.29) is 12.5 Å². The molecule has 0 aromatic rings. The molecule has 1 heterocycles. The maximum Gasteiger partial charge on any atom is 0.304 e. The van der Waals surface area contributed by atoms with Crippen LogP contribution >= 0.6 is 11.8 Å². The normalized spacial score (nSPS) is 21.1. The summed E-state index contributed by atoms with van der Waals surface area (Å²) in [4.78, 5) is 13.0. The van der Waals surface area contributed by atoms with Crippen LogP contribution < -0.4 is 0 Å². The lowest BCUT2D eigenvalue weighted by Gasteiger charge is -2.34. The molecule has 0 aromatic carbocycles. The number of methoxy groups -OCH3 is 1. The van der Waals surface area contributed by atoms with Crippen molar-refractivity contribution in [3.8, 4) is 0 Å². The van der Waals surface area contributed by atoms with Gasteiger partial charge in [-0.25, -0.2) is 0 Å². The molecule has 1 unspecified atom stereocenters. The zero-order chi connectivity index (χ0) is 13.2. The van der Waals surface area contributed by atoms with E-state index in [1.807, 2.05) is 11.8 Å². The number of carboxylic acid groups (broad SMARTS) is 1. The van der Waals surface area contributed by atoms with Gasteiger partial charge in [-0.05, 0) is 6.42 Å². The van der Waals surface area contributed by atoms with Crippen molar-refractivity contribution in [2.24, 2.45) is 0 Å². The Morgan fingerprint density at radius 3 is 3.00 bits per heavy atom. The van der Waals surface area contributed by atoms with Gasteiger partial charge in [0.1, 0.15) is 0 Å². The van der Waals surface area contributed by atoms with Crippen LogP contribution in [0.3, 0.4) is 0 Å². The van der Waals surface area contributed by atoms with Crippen molar-refractivity contribution in [3.05, 3.63) is 0 Å².